The van der Waals surface area contributed by atoms with E-state index in [0.717, 1.165) is 34.7 Å². The first-order chi connectivity index (χ1) is 15.0. The van der Waals surface area contributed by atoms with E-state index in [1.807, 2.05) is 67.3 Å². The zero-order valence-electron chi connectivity index (χ0n) is 18.2. The number of aryl methyl sites for hydroxylation is 1. The highest BCUT2D eigenvalue weighted by Crippen LogP contribution is 2.15. The van der Waals surface area contributed by atoms with E-state index in [2.05, 4.69) is 16.7 Å². The van der Waals surface area contributed by atoms with Crippen molar-refractivity contribution in [3.63, 3.8) is 0 Å². The van der Waals surface area contributed by atoms with Crippen LogP contribution in [-0.4, -0.2) is 48.6 Å². The lowest BCUT2D eigenvalue weighted by Gasteiger charge is -2.21. The number of anilines is 1. The van der Waals surface area contributed by atoms with E-state index in [0.29, 0.717) is 18.7 Å². The van der Waals surface area contributed by atoms with Crippen LogP contribution in [0, 0.1) is 18.3 Å². The molecule has 31 heavy (non-hydrogen) atoms. The first kappa shape index (κ1) is 24.4. The molecule has 7 heteroatoms. The average molecular weight is 439 g/mol. The maximum atomic E-state index is 12.4. The number of hydrogen-bond donors (Lipinski definition) is 2. The Morgan fingerprint density at radius 3 is 2.52 bits per heavy atom. The summed E-state index contributed by atoms with van der Waals surface area (Å²) in [6, 6.07) is 17.4. The second-order valence-corrected chi connectivity index (χ2v) is 8.35. The number of nitrogens with zero attached hydrogens (tertiary/aromatic N) is 2. The zero-order chi connectivity index (χ0) is 22.5. The molecule has 0 unspecified atom stereocenters. The van der Waals surface area contributed by atoms with Crippen LogP contribution in [0.3, 0.4) is 0 Å². The molecule has 0 aliphatic carbocycles. The number of rotatable bonds is 12. The summed E-state index contributed by atoms with van der Waals surface area (Å²) in [5.41, 5.74) is 3.50. The van der Waals surface area contributed by atoms with Gasteiger partial charge in [0.1, 0.15) is 0 Å². The van der Waals surface area contributed by atoms with Crippen LogP contribution >= 0.6 is 11.8 Å². The summed E-state index contributed by atoms with van der Waals surface area (Å²) in [6.07, 6.45) is 0.860. The minimum absolute atomic E-state index is 0.0878. The van der Waals surface area contributed by atoms with E-state index >= 15 is 0 Å². The van der Waals surface area contributed by atoms with E-state index in [9.17, 15) is 9.59 Å². The number of carbonyl (C=O) groups excluding carboxylic acids is 2. The Bertz CT molecular complexity index is 910. The molecule has 164 valence electrons. The summed E-state index contributed by atoms with van der Waals surface area (Å²) >= 11 is 1.68. The lowest BCUT2D eigenvalue weighted by molar-refractivity contribution is -0.123. The smallest absolute Gasteiger partial charge is 0.238 e. The van der Waals surface area contributed by atoms with Crippen molar-refractivity contribution in [1.29, 1.82) is 5.26 Å². The highest BCUT2D eigenvalue weighted by molar-refractivity contribution is 7.98. The summed E-state index contributed by atoms with van der Waals surface area (Å²) in [4.78, 5) is 26.6. The standard InChI is InChI=1S/C24H30N4O2S/c1-3-13-28(17-24(30)27-22-11-7-4-8-19(22)2)16-23(29)26-12-14-31-18-21-10-6-5-9-20(21)15-25/h4-11H,3,12-14,16-18H2,1-2H3,(H,26,29)(H,27,30). The minimum atomic E-state index is -0.123. The molecular weight excluding hydrogens is 408 g/mol. The second kappa shape index (κ2) is 13.5. The van der Waals surface area contributed by atoms with Crippen LogP contribution in [0.1, 0.15) is 30.0 Å². The molecule has 0 aliphatic heterocycles. The lowest BCUT2D eigenvalue weighted by atomic mass is 10.1. The number of amides is 2. The van der Waals surface area contributed by atoms with Gasteiger partial charge in [0.25, 0.3) is 0 Å². The van der Waals surface area contributed by atoms with Crippen LogP contribution < -0.4 is 10.6 Å². The quantitative estimate of drug-likeness (QED) is 0.495. The van der Waals surface area contributed by atoms with Gasteiger partial charge in [-0.3, -0.25) is 14.5 Å². The van der Waals surface area contributed by atoms with E-state index in [4.69, 9.17) is 5.26 Å². The molecule has 2 amide bonds. The van der Waals surface area contributed by atoms with Crippen molar-refractivity contribution >= 4 is 29.3 Å². The predicted octanol–water partition coefficient (Wildman–Crippen LogP) is 3.57. The maximum absolute atomic E-state index is 12.4. The second-order valence-electron chi connectivity index (χ2n) is 7.25. The van der Waals surface area contributed by atoms with Crippen molar-refractivity contribution in [1.82, 2.24) is 10.2 Å². The molecule has 0 fully saturated rings. The molecule has 0 atom stereocenters. The van der Waals surface area contributed by atoms with Crippen LogP contribution in [0.5, 0.6) is 0 Å². The van der Waals surface area contributed by atoms with E-state index < -0.39 is 0 Å². The molecule has 0 bridgehead atoms. The summed E-state index contributed by atoms with van der Waals surface area (Å²) in [5.74, 6) is 1.28. The number of hydrogen-bond acceptors (Lipinski definition) is 5. The zero-order valence-corrected chi connectivity index (χ0v) is 19.0. The van der Waals surface area contributed by atoms with Gasteiger partial charge in [0.2, 0.25) is 11.8 Å². The first-order valence-corrected chi connectivity index (χ1v) is 11.6. The van der Waals surface area contributed by atoms with Crippen LogP contribution in [0.15, 0.2) is 48.5 Å². The Morgan fingerprint density at radius 2 is 1.77 bits per heavy atom. The molecule has 2 rings (SSSR count). The Balaban J connectivity index is 1.72. The molecule has 0 aromatic heterocycles. The van der Waals surface area contributed by atoms with Gasteiger partial charge in [-0.25, -0.2) is 0 Å². The molecule has 6 nitrogen and oxygen atoms in total. The fraction of sp³-hybridized carbons (Fsp3) is 0.375. The van der Waals surface area contributed by atoms with Gasteiger partial charge in [-0.05, 0) is 43.1 Å². The largest absolute Gasteiger partial charge is 0.354 e. The number of nitriles is 1. The van der Waals surface area contributed by atoms with Gasteiger partial charge in [-0.1, -0.05) is 43.3 Å². The van der Waals surface area contributed by atoms with E-state index in [1.54, 1.807) is 11.8 Å². The number of benzene rings is 2. The highest BCUT2D eigenvalue weighted by atomic mass is 32.2. The number of para-hydroxylation sites is 1. The molecule has 0 spiro atoms. The van der Waals surface area contributed by atoms with Crippen molar-refractivity contribution in [3.05, 3.63) is 65.2 Å². The van der Waals surface area contributed by atoms with Crippen LogP contribution in [-0.2, 0) is 15.3 Å². The normalized spacial score (nSPS) is 10.5. The van der Waals surface area contributed by atoms with Gasteiger partial charge in [0.15, 0.2) is 0 Å². The Kier molecular flexibility index (Phi) is 10.6. The molecule has 0 aliphatic rings. The number of carbonyl (C=O) groups is 2. The summed E-state index contributed by atoms with van der Waals surface area (Å²) < 4.78 is 0. The third-order valence-electron chi connectivity index (χ3n) is 4.66. The van der Waals surface area contributed by atoms with Crippen molar-refractivity contribution < 1.29 is 9.59 Å². The summed E-state index contributed by atoms with van der Waals surface area (Å²) in [6.45, 7) is 5.57. The molecule has 0 radical (unpaired) electrons. The number of nitrogens with one attached hydrogen (secondary N) is 2. The Labute approximate surface area is 189 Å². The van der Waals surface area contributed by atoms with Crippen molar-refractivity contribution in [3.8, 4) is 6.07 Å². The van der Waals surface area contributed by atoms with Crippen LogP contribution in [0.4, 0.5) is 5.69 Å². The Hall–Kier alpha value is -2.82. The molecule has 2 N–H and O–H groups in total. The SMILES string of the molecule is CCCN(CC(=O)NCCSCc1ccccc1C#N)CC(=O)Nc1ccccc1C. The topological polar surface area (TPSA) is 85.2 Å². The molecular formula is C24H30N4O2S. The third-order valence-corrected chi connectivity index (χ3v) is 5.67. The van der Waals surface area contributed by atoms with Gasteiger partial charge < -0.3 is 10.6 Å². The maximum Gasteiger partial charge on any atom is 0.238 e. The third kappa shape index (κ3) is 8.83. The van der Waals surface area contributed by atoms with Gasteiger partial charge in [0.05, 0.1) is 24.7 Å². The van der Waals surface area contributed by atoms with Crippen LogP contribution in [0.25, 0.3) is 0 Å². The summed E-state index contributed by atoms with van der Waals surface area (Å²) in [7, 11) is 0. The van der Waals surface area contributed by atoms with Crippen molar-refractivity contribution in [2.24, 2.45) is 0 Å². The Morgan fingerprint density at radius 1 is 1.06 bits per heavy atom. The van der Waals surface area contributed by atoms with E-state index in [1.165, 1.54) is 0 Å². The minimum Gasteiger partial charge on any atom is -0.354 e. The summed E-state index contributed by atoms with van der Waals surface area (Å²) in [5, 5.41) is 15.0. The fourth-order valence-corrected chi connectivity index (χ4v) is 3.96. The molecule has 0 saturated carbocycles. The van der Waals surface area contributed by atoms with E-state index in [-0.39, 0.29) is 24.9 Å². The molecule has 2 aromatic carbocycles. The van der Waals surface area contributed by atoms with Gasteiger partial charge in [0, 0.05) is 23.7 Å². The van der Waals surface area contributed by atoms with Crippen LogP contribution in [0.2, 0.25) is 0 Å². The molecule has 0 saturated heterocycles. The van der Waals surface area contributed by atoms with Gasteiger partial charge >= 0.3 is 0 Å². The first-order valence-electron chi connectivity index (χ1n) is 10.4. The highest BCUT2D eigenvalue weighted by Gasteiger charge is 2.14. The fourth-order valence-electron chi connectivity index (χ4n) is 3.10. The predicted molar refractivity (Wildman–Crippen MR) is 127 cm³/mol. The average Bonchev–Trinajstić information content (AvgIpc) is 2.75. The monoisotopic (exact) mass is 438 g/mol. The van der Waals surface area contributed by atoms with Gasteiger partial charge in [-0.15, -0.1) is 0 Å². The molecule has 0 heterocycles. The van der Waals surface area contributed by atoms with Crippen molar-refractivity contribution in [2.75, 3.05) is 37.2 Å². The van der Waals surface area contributed by atoms with Crippen molar-refractivity contribution in [2.45, 2.75) is 26.0 Å². The van der Waals surface area contributed by atoms with Gasteiger partial charge in [-0.2, -0.15) is 17.0 Å². The number of thioether (sulfide) groups is 1. The molecule has 2 aromatic rings. The lowest BCUT2D eigenvalue weighted by Crippen LogP contribution is -2.42.